The van der Waals surface area contributed by atoms with Gasteiger partial charge in [0.1, 0.15) is 0 Å². The largest absolute Gasteiger partial charge is 0.382 e. The van der Waals surface area contributed by atoms with E-state index in [0.29, 0.717) is 4.91 Å². The molecular weight excluding hydrogens is 334 g/mol. The van der Waals surface area contributed by atoms with Crippen LogP contribution in [0.2, 0.25) is 0 Å². The van der Waals surface area contributed by atoms with Crippen molar-refractivity contribution in [1.82, 2.24) is 9.80 Å². The number of hydrogen-bond acceptors (Lipinski definition) is 5. The van der Waals surface area contributed by atoms with Gasteiger partial charge in [-0.25, -0.2) is 0 Å². The van der Waals surface area contributed by atoms with Crippen LogP contribution in [0.15, 0.2) is 63.4 Å². The molecule has 6 nitrogen and oxygen atoms in total. The number of thioether (sulfide) groups is 1. The molecule has 0 saturated carbocycles. The highest BCUT2D eigenvalue weighted by Crippen LogP contribution is 2.32. The van der Waals surface area contributed by atoms with Gasteiger partial charge in [-0.3, -0.25) is 9.69 Å². The van der Waals surface area contributed by atoms with Gasteiger partial charge in [0.25, 0.3) is 15.9 Å². The fourth-order valence-electron chi connectivity index (χ4n) is 1.84. The fourth-order valence-corrected chi connectivity index (χ4v) is 4.12. The van der Waals surface area contributed by atoms with Crippen molar-refractivity contribution < 1.29 is 13.2 Å². The molecule has 122 valence electrons. The molecular formula is C15H17N3O3S2. The number of benzene rings is 1. The maximum Gasteiger partial charge on any atom is 0.284 e. The number of hydrogen-bond donors (Lipinski definition) is 0. The van der Waals surface area contributed by atoms with E-state index >= 15 is 0 Å². The summed E-state index contributed by atoms with van der Waals surface area (Å²) >= 11 is 1.04. The molecule has 1 aliphatic rings. The first-order valence-corrected chi connectivity index (χ1v) is 8.99. The van der Waals surface area contributed by atoms with Crippen molar-refractivity contribution in [3.05, 3.63) is 54.1 Å². The Labute approximate surface area is 140 Å². The van der Waals surface area contributed by atoms with E-state index in [1.54, 1.807) is 43.4 Å². The van der Waals surface area contributed by atoms with Gasteiger partial charge < -0.3 is 4.90 Å². The highest BCUT2D eigenvalue weighted by atomic mass is 32.2. The molecule has 1 saturated heterocycles. The minimum Gasteiger partial charge on any atom is -0.382 e. The number of amidine groups is 1. The standard InChI is InChI=1S/C15H17N3O3S2/c1-4-10-18-14(19)13(11-17(2)3)22-15(18)16-23(20,21)12-8-6-5-7-9-12/h4-9,11H,1,10H2,2-3H3. The number of carbonyl (C=O) groups excluding carboxylic acids is 1. The van der Waals surface area contributed by atoms with Gasteiger partial charge in [-0.15, -0.1) is 11.0 Å². The van der Waals surface area contributed by atoms with Crippen LogP contribution in [-0.2, 0) is 14.8 Å². The van der Waals surface area contributed by atoms with Crippen LogP contribution in [0.3, 0.4) is 0 Å². The molecule has 0 aromatic heterocycles. The molecule has 0 bridgehead atoms. The monoisotopic (exact) mass is 351 g/mol. The summed E-state index contributed by atoms with van der Waals surface area (Å²) in [6, 6.07) is 7.91. The predicted octanol–water partition coefficient (Wildman–Crippen LogP) is 1.90. The van der Waals surface area contributed by atoms with E-state index in [-0.39, 0.29) is 22.5 Å². The number of nitrogens with zero attached hydrogens (tertiary/aromatic N) is 3. The SMILES string of the molecule is C=CCN1C(=O)C(=CN(C)C)SC1=NS(=O)(=O)c1ccccc1. The zero-order valence-corrected chi connectivity index (χ0v) is 14.5. The molecule has 1 aromatic rings. The summed E-state index contributed by atoms with van der Waals surface area (Å²) in [5.41, 5.74) is 0. The number of carbonyl (C=O) groups is 1. The quantitative estimate of drug-likeness (QED) is 0.598. The van der Waals surface area contributed by atoms with Gasteiger partial charge in [-0.1, -0.05) is 24.3 Å². The van der Waals surface area contributed by atoms with Crippen molar-refractivity contribution in [2.24, 2.45) is 4.40 Å². The summed E-state index contributed by atoms with van der Waals surface area (Å²) in [6.07, 6.45) is 3.17. The van der Waals surface area contributed by atoms with Gasteiger partial charge in [-0.2, -0.15) is 8.42 Å². The third-order valence-corrected chi connectivity index (χ3v) is 5.21. The molecule has 1 aliphatic heterocycles. The third-order valence-electron chi connectivity index (χ3n) is 2.81. The Hall–Kier alpha value is -2.06. The van der Waals surface area contributed by atoms with Crippen LogP contribution >= 0.6 is 11.8 Å². The Morgan fingerprint density at radius 2 is 1.96 bits per heavy atom. The van der Waals surface area contributed by atoms with Gasteiger partial charge in [0.15, 0.2) is 5.17 Å². The number of rotatable bonds is 5. The molecule has 0 unspecified atom stereocenters. The Morgan fingerprint density at radius 1 is 1.30 bits per heavy atom. The molecule has 8 heteroatoms. The average molecular weight is 351 g/mol. The van der Waals surface area contributed by atoms with Crippen molar-refractivity contribution in [1.29, 1.82) is 0 Å². The summed E-state index contributed by atoms with van der Waals surface area (Å²) < 4.78 is 28.6. The molecule has 1 aromatic carbocycles. The molecule has 1 amide bonds. The van der Waals surface area contributed by atoms with E-state index in [2.05, 4.69) is 11.0 Å². The van der Waals surface area contributed by atoms with E-state index in [1.807, 2.05) is 0 Å². The lowest BCUT2D eigenvalue weighted by Crippen LogP contribution is -2.30. The second-order valence-corrected chi connectivity index (χ2v) is 7.54. The van der Waals surface area contributed by atoms with Crippen molar-refractivity contribution in [3.63, 3.8) is 0 Å². The average Bonchev–Trinajstić information content (AvgIpc) is 2.76. The fraction of sp³-hybridized carbons (Fsp3) is 0.200. The molecule has 2 rings (SSSR count). The summed E-state index contributed by atoms with van der Waals surface area (Å²) in [4.78, 5) is 15.9. The van der Waals surface area contributed by atoms with Gasteiger partial charge in [0, 0.05) is 26.8 Å². The van der Waals surface area contributed by atoms with Gasteiger partial charge in [-0.05, 0) is 23.9 Å². The summed E-state index contributed by atoms with van der Waals surface area (Å²) in [5, 5.41) is 0.131. The molecule has 0 spiro atoms. The van der Waals surface area contributed by atoms with Crippen molar-refractivity contribution in [3.8, 4) is 0 Å². The van der Waals surface area contributed by atoms with Crippen LogP contribution in [-0.4, -0.2) is 49.9 Å². The molecule has 23 heavy (non-hydrogen) atoms. The lowest BCUT2D eigenvalue weighted by molar-refractivity contribution is -0.121. The van der Waals surface area contributed by atoms with Crippen LogP contribution in [0, 0.1) is 0 Å². The molecule has 0 N–H and O–H groups in total. The Kier molecular flexibility index (Phi) is 5.27. The van der Waals surface area contributed by atoms with E-state index in [1.165, 1.54) is 23.1 Å². The van der Waals surface area contributed by atoms with Crippen molar-refractivity contribution in [2.75, 3.05) is 20.6 Å². The van der Waals surface area contributed by atoms with Crippen LogP contribution in [0.5, 0.6) is 0 Å². The molecule has 1 heterocycles. The topological polar surface area (TPSA) is 70.1 Å². The summed E-state index contributed by atoms with van der Waals surface area (Å²) in [7, 11) is -0.300. The van der Waals surface area contributed by atoms with Gasteiger partial charge >= 0.3 is 0 Å². The maximum absolute atomic E-state index is 12.4. The second kappa shape index (κ2) is 7.01. The van der Waals surface area contributed by atoms with Crippen molar-refractivity contribution in [2.45, 2.75) is 4.90 Å². The molecule has 0 aliphatic carbocycles. The molecule has 1 fully saturated rings. The zero-order chi connectivity index (χ0) is 17.0. The third kappa shape index (κ3) is 4.02. The van der Waals surface area contributed by atoms with Crippen LogP contribution in [0.25, 0.3) is 0 Å². The smallest absolute Gasteiger partial charge is 0.284 e. The molecule has 0 radical (unpaired) electrons. The summed E-state index contributed by atoms with van der Waals surface area (Å²) in [5.74, 6) is -0.286. The number of sulfonamides is 1. The lowest BCUT2D eigenvalue weighted by atomic mass is 10.4. The van der Waals surface area contributed by atoms with E-state index in [4.69, 9.17) is 0 Å². The molecule has 0 atom stereocenters. The number of amides is 1. The van der Waals surface area contributed by atoms with E-state index in [9.17, 15) is 13.2 Å². The highest BCUT2D eigenvalue weighted by Gasteiger charge is 2.34. The normalized spacial score (nSPS) is 18.7. The summed E-state index contributed by atoms with van der Waals surface area (Å²) in [6.45, 7) is 3.79. The Balaban J connectivity index is 2.43. The highest BCUT2D eigenvalue weighted by molar-refractivity contribution is 8.19. The van der Waals surface area contributed by atoms with Gasteiger partial charge in [0.2, 0.25) is 0 Å². The van der Waals surface area contributed by atoms with E-state index in [0.717, 1.165) is 11.8 Å². The van der Waals surface area contributed by atoms with Crippen molar-refractivity contribution >= 4 is 32.9 Å². The first-order valence-electron chi connectivity index (χ1n) is 6.74. The second-order valence-electron chi connectivity index (χ2n) is 4.93. The maximum atomic E-state index is 12.4. The first kappa shape index (κ1) is 17.3. The minimum absolute atomic E-state index is 0.0872. The predicted molar refractivity (Wildman–Crippen MR) is 92.3 cm³/mol. The van der Waals surface area contributed by atoms with Gasteiger partial charge in [0.05, 0.1) is 9.80 Å². The van der Waals surface area contributed by atoms with Crippen LogP contribution in [0.1, 0.15) is 0 Å². The zero-order valence-electron chi connectivity index (χ0n) is 12.8. The first-order chi connectivity index (χ1) is 10.8. The van der Waals surface area contributed by atoms with Crippen LogP contribution < -0.4 is 0 Å². The van der Waals surface area contributed by atoms with Crippen LogP contribution in [0.4, 0.5) is 0 Å². The Bertz CT molecular complexity index is 768. The lowest BCUT2D eigenvalue weighted by Gasteiger charge is -2.12. The van der Waals surface area contributed by atoms with E-state index < -0.39 is 10.0 Å². The minimum atomic E-state index is -3.87. The Morgan fingerprint density at radius 3 is 2.52 bits per heavy atom.